The Labute approximate surface area is 122 Å². The van der Waals surface area contributed by atoms with Crippen molar-refractivity contribution in [2.24, 2.45) is 0 Å². The van der Waals surface area contributed by atoms with Gasteiger partial charge in [-0.3, -0.25) is 4.79 Å². The Morgan fingerprint density at radius 2 is 2.25 bits per heavy atom. The number of ether oxygens (including phenoxy) is 1. The third-order valence-corrected chi connectivity index (χ3v) is 3.39. The highest BCUT2D eigenvalue weighted by molar-refractivity contribution is 7.07. The van der Waals surface area contributed by atoms with Crippen molar-refractivity contribution in [1.29, 1.82) is 0 Å². The quantitative estimate of drug-likeness (QED) is 0.887. The first-order valence-corrected chi connectivity index (χ1v) is 7.14. The zero-order valence-corrected chi connectivity index (χ0v) is 12.5. The van der Waals surface area contributed by atoms with Crippen LogP contribution in [0.25, 0.3) is 0 Å². The second kappa shape index (κ2) is 6.38. The summed E-state index contributed by atoms with van der Waals surface area (Å²) in [4.78, 5) is 15.4. The molecule has 1 atom stereocenters. The van der Waals surface area contributed by atoms with Crippen molar-refractivity contribution >= 4 is 28.6 Å². The Bertz CT molecular complexity index is 584. The number of carbonyl (C=O) groups excluding carboxylic acids is 1. The second-order valence-corrected chi connectivity index (χ2v) is 5.09. The van der Waals surface area contributed by atoms with Gasteiger partial charge < -0.3 is 15.4 Å². The number of hydrogen-bond donors (Lipinski definition) is 2. The Morgan fingerprint density at radius 1 is 1.45 bits per heavy atom. The van der Waals surface area contributed by atoms with Gasteiger partial charge in [0, 0.05) is 18.0 Å². The Balaban J connectivity index is 2.21. The number of aromatic nitrogens is 1. The molecule has 0 aliphatic carbocycles. The van der Waals surface area contributed by atoms with Crippen LogP contribution in [0.1, 0.15) is 25.6 Å². The van der Waals surface area contributed by atoms with E-state index in [2.05, 4.69) is 15.6 Å². The molecule has 0 bridgehead atoms. The summed E-state index contributed by atoms with van der Waals surface area (Å²) in [6, 6.07) is 5.53. The molecule has 1 aromatic carbocycles. The maximum Gasteiger partial charge on any atom is 0.221 e. The third-order valence-electron chi connectivity index (χ3n) is 2.79. The van der Waals surface area contributed by atoms with E-state index < -0.39 is 0 Å². The lowest BCUT2D eigenvalue weighted by molar-refractivity contribution is -0.114. The Kier molecular flexibility index (Phi) is 4.57. The number of nitrogens with one attached hydrogen (secondary N) is 2. The molecule has 0 saturated heterocycles. The van der Waals surface area contributed by atoms with Crippen LogP contribution in [-0.2, 0) is 4.79 Å². The van der Waals surface area contributed by atoms with Gasteiger partial charge in [-0.15, -0.1) is 11.3 Å². The topological polar surface area (TPSA) is 63.2 Å². The number of rotatable bonds is 5. The van der Waals surface area contributed by atoms with E-state index in [9.17, 15) is 4.79 Å². The predicted molar refractivity (Wildman–Crippen MR) is 81.4 cm³/mol. The molecule has 2 rings (SSSR count). The van der Waals surface area contributed by atoms with Crippen LogP contribution >= 0.6 is 11.3 Å². The van der Waals surface area contributed by atoms with Crippen LogP contribution in [0.5, 0.6) is 5.75 Å². The normalized spacial score (nSPS) is 11.8. The fourth-order valence-corrected chi connectivity index (χ4v) is 2.49. The Morgan fingerprint density at radius 3 is 2.85 bits per heavy atom. The molecule has 1 aromatic heterocycles. The summed E-state index contributed by atoms with van der Waals surface area (Å²) in [6.45, 7) is 3.51. The van der Waals surface area contributed by atoms with Crippen molar-refractivity contribution in [1.82, 2.24) is 4.98 Å². The highest BCUT2D eigenvalue weighted by Gasteiger charge is 2.11. The standard InChI is InChI=1S/C14H17N3O2S/c1-9(13-7-20-8-15-13)16-12-6-11(17-10(2)18)4-5-14(12)19-3/h4-9,16H,1-3H3,(H,17,18). The fraction of sp³-hybridized carbons (Fsp3) is 0.286. The molecular weight excluding hydrogens is 274 g/mol. The number of nitrogens with zero attached hydrogens (tertiary/aromatic N) is 1. The molecule has 1 unspecified atom stereocenters. The first-order valence-electron chi connectivity index (χ1n) is 6.20. The maximum absolute atomic E-state index is 11.1. The molecule has 6 heteroatoms. The summed E-state index contributed by atoms with van der Waals surface area (Å²) in [5, 5.41) is 8.10. The monoisotopic (exact) mass is 291 g/mol. The largest absolute Gasteiger partial charge is 0.495 e. The number of anilines is 2. The van der Waals surface area contributed by atoms with Gasteiger partial charge >= 0.3 is 0 Å². The van der Waals surface area contributed by atoms with E-state index in [-0.39, 0.29) is 11.9 Å². The summed E-state index contributed by atoms with van der Waals surface area (Å²) in [6.07, 6.45) is 0. The minimum absolute atomic E-state index is 0.0581. The molecular formula is C14H17N3O2S. The lowest BCUT2D eigenvalue weighted by Crippen LogP contribution is -2.10. The maximum atomic E-state index is 11.1. The molecule has 2 aromatic rings. The molecule has 0 fully saturated rings. The van der Waals surface area contributed by atoms with Crippen LogP contribution in [0.4, 0.5) is 11.4 Å². The lowest BCUT2D eigenvalue weighted by atomic mass is 10.2. The predicted octanol–water partition coefficient (Wildman–Crippen LogP) is 3.28. The van der Waals surface area contributed by atoms with Gasteiger partial charge in [-0.1, -0.05) is 0 Å². The van der Waals surface area contributed by atoms with Gasteiger partial charge in [0.05, 0.1) is 30.0 Å². The average molecular weight is 291 g/mol. The molecule has 0 saturated carbocycles. The molecule has 0 radical (unpaired) electrons. The molecule has 2 N–H and O–H groups in total. The van der Waals surface area contributed by atoms with Gasteiger partial charge in [0.2, 0.25) is 5.91 Å². The van der Waals surface area contributed by atoms with E-state index in [0.717, 1.165) is 22.8 Å². The van der Waals surface area contributed by atoms with Gasteiger partial charge in [0.15, 0.2) is 0 Å². The van der Waals surface area contributed by atoms with E-state index in [1.807, 2.05) is 24.4 Å². The van der Waals surface area contributed by atoms with Crippen molar-refractivity contribution in [3.05, 3.63) is 34.8 Å². The highest BCUT2D eigenvalue weighted by Crippen LogP contribution is 2.31. The zero-order valence-electron chi connectivity index (χ0n) is 11.6. The Hall–Kier alpha value is -2.08. The van der Waals surface area contributed by atoms with Gasteiger partial charge in [-0.25, -0.2) is 4.98 Å². The molecule has 0 spiro atoms. The number of carbonyl (C=O) groups is 1. The van der Waals surface area contributed by atoms with E-state index in [1.54, 1.807) is 30.0 Å². The second-order valence-electron chi connectivity index (χ2n) is 4.38. The van der Waals surface area contributed by atoms with Crippen molar-refractivity contribution in [3.8, 4) is 5.75 Å². The van der Waals surface area contributed by atoms with E-state index in [0.29, 0.717) is 0 Å². The van der Waals surface area contributed by atoms with Crippen molar-refractivity contribution in [2.75, 3.05) is 17.7 Å². The number of amides is 1. The number of hydrogen-bond acceptors (Lipinski definition) is 5. The fourth-order valence-electron chi connectivity index (χ4n) is 1.84. The zero-order chi connectivity index (χ0) is 14.5. The molecule has 20 heavy (non-hydrogen) atoms. The lowest BCUT2D eigenvalue weighted by Gasteiger charge is -2.17. The van der Waals surface area contributed by atoms with E-state index in [4.69, 9.17) is 4.74 Å². The van der Waals surface area contributed by atoms with Crippen LogP contribution in [0, 0.1) is 0 Å². The van der Waals surface area contributed by atoms with Gasteiger partial charge in [0.25, 0.3) is 0 Å². The average Bonchev–Trinajstić information content (AvgIpc) is 2.92. The van der Waals surface area contributed by atoms with Crippen molar-refractivity contribution in [3.63, 3.8) is 0 Å². The first-order chi connectivity index (χ1) is 9.60. The van der Waals surface area contributed by atoms with Crippen LogP contribution in [0.15, 0.2) is 29.1 Å². The summed E-state index contributed by atoms with van der Waals surface area (Å²) in [5.74, 6) is 0.620. The molecule has 5 nitrogen and oxygen atoms in total. The minimum atomic E-state index is -0.103. The molecule has 1 amide bonds. The summed E-state index contributed by atoms with van der Waals surface area (Å²) in [7, 11) is 1.62. The van der Waals surface area contributed by atoms with Gasteiger partial charge in [0.1, 0.15) is 5.75 Å². The summed E-state index contributed by atoms with van der Waals surface area (Å²) >= 11 is 1.56. The highest BCUT2D eigenvalue weighted by atomic mass is 32.1. The molecule has 1 heterocycles. The minimum Gasteiger partial charge on any atom is -0.495 e. The van der Waals surface area contributed by atoms with Crippen LogP contribution in [0.3, 0.4) is 0 Å². The molecule has 106 valence electrons. The van der Waals surface area contributed by atoms with E-state index in [1.165, 1.54) is 6.92 Å². The number of thiazole rings is 1. The van der Waals surface area contributed by atoms with Crippen LogP contribution in [0.2, 0.25) is 0 Å². The SMILES string of the molecule is COc1ccc(NC(C)=O)cc1NC(C)c1cscn1. The van der Waals surface area contributed by atoms with Gasteiger partial charge in [-0.2, -0.15) is 0 Å². The molecule has 0 aliphatic heterocycles. The third kappa shape index (κ3) is 3.48. The number of methoxy groups -OCH3 is 1. The first kappa shape index (κ1) is 14.3. The summed E-state index contributed by atoms with van der Waals surface area (Å²) in [5.41, 5.74) is 4.32. The van der Waals surface area contributed by atoms with Crippen LogP contribution in [-0.4, -0.2) is 18.0 Å². The summed E-state index contributed by atoms with van der Waals surface area (Å²) < 4.78 is 5.33. The van der Waals surface area contributed by atoms with Crippen molar-refractivity contribution in [2.45, 2.75) is 19.9 Å². The number of benzene rings is 1. The van der Waals surface area contributed by atoms with Gasteiger partial charge in [-0.05, 0) is 25.1 Å². The van der Waals surface area contributed by atoms with Crippen molar-refractivity contribution < 1.29 is 9.53 Å². The van der Waals surface area contributed by atoms with Crippen LogP contribution < -0.4 is 15.4 Å². The smallest absolute Gasteiger partial charge is 0.221 e. The molecule has 0 aliphatic rings. The van der Waals surface area contributed by atoms with E-state index >= 15 is 0 Å².